The summed E-state index contributed by atoms with van der Waals surface area (Å²) >= 11 is 0. The van der Waals surface area contributed by atoms with Crippen LogP contribution in [0.15, 0.2) is 182 Å². The Labute approximate surface area is 400 Å². The third kappa shape index (κ3) is 6.21. The first-order chi connectivity index (χ1) is 32.1. The first-order valence-electron chi connectivity index (χ1n) is 24.6. The number of rotatable bonds is 10. The number of para-hydroxylation sites is 2. The summed E-state index contributed by atoms with van der Waals surface area (Å²) in [7, 11) is 0. The van der Waals surface area contributed by atoms with E-state index in [0.29, 0.717) is 0 Å². The Morgan fingerprint density at radius 3 is 0.985 bits per heavy atom. The van der Waals surface area contributed by atoms with Crippen LogP contribution in [0.2, 0.25) is 0 Å². The number of benzene rings is 8. The van der Waals surface area contributed by atoms with Crippen LogP contribution in [0.3, 0.4) is 0 Å². The SMILES string of the molecule is CCC(C)(c1ccc2c(c1)C(C)(C)c1cc(C(C)(CC)N(c3ccccc3)c3ccc4c(c3)C(C)(C)c3ccccc3-4)ccc1-2)N(c1ccccc1)c1ccc2c(c1)C(C)(C)c1ccccc1-2. The number of anilines is 4. The van der Waals surface area contributed by atoms with Crippen molar-refractivity contribution in [3.63, 3.8) is 0 Å². The van der Waals surface area contributed by atoms with Gasteiger partial charge in [0.25, 0.3) is 0 Å². The third-order valence-electron chi connectivity index (χ3n) is 17.0. The maximum Gasteiger partial charge on any atom is 0.0671 e. The van der Waals surface area contributed by atoms with Gasteiger partial charge in [0.2, 0.25) is 0 Å². The minimum absolute atomic E-state index is 0.0915. The molecule has 2 nitrogen and oxygen atoms in total. The summed E-state index contributed by atoms with van der Waals surface area (Å²) in [5.74, 6) is 0. The third-order valence-corrected chi connectivity index (χ3v) is 17.0. The van der Waals surface area contributed by atoms with Crippen molar-refractivity contribution in [3.05, 3.63) is 226 Å². The molecule has 3 aliphatic rings. The van der Waals surface area contributed by atoms with Crippen molar-refractivity contribution in [3.8, 4) is 33.4 Å². The topological polar surface area (TPSA) is 6.48 Å². The van der Waals surface area contributed by atoms with Crippen molar-refractivity contribution in [1.29, 1.82) is 0 Å². The highest BCUT2D eigenvalue weighted by Gasteiger charge is 2.44. The van der Waals surface area contributed by atoms with Gasteiger partial charge in [-0.25, -0.2) is 0 Å². The summed E-state index contributed by atoms with van der Waals surface area (Å²) in [5.41, 5.74) is 22.9. The minimum Gasteiger partial charge on any atom is -0.331 e. The molecule has 8 aromatic rings. The zero-order valence-electron chi connectivity index (χ0n) is 41.1. The molecule has 0 saturated heterocycles. The van der Waals surface area contributed by atoms with Gasteiger partial charge in [-0.1, -0.05) is 189 Å². The molecule has 334 valence electrons. The van der Waals surface area contributed by atoms with Crippen LogP contribution in [0.25, 0.3) is 33.4 Å². The maximum absolute atomic E-state index is 2.62. The largest absolute Gasteiger partial charge is 0.331 e. The van der Waals surface area contributed by atoms with Gasteiger partial charge in [-0.15, -0.1) is 0 Å². The molecule has 0 fully saturated rings. The molecule has 0 amide bonds. The average Bonchev–Trinajstić information content (AvgIpc) is 3.83. The van der Waals surface area contributed by atoms with Crippen LogP contribution in [-0.2, 0) is 27.3 Å². The lowest BCUT2D eigenvalue weighted by Crippen LogP contribution is -2.41. The fraction of sp³-hybridized carbons (Fsp3) is 0.262. The van der Waals surface area contributed by atoms with Gasteiger partial charge in [0, 0.05) is 39.0 Å². The molecule has 0 N–H and O–H groups in total. The first kappa shape index (κ1) is 43.0. The summed E-state index contributed by atoms with van der Waals surface area (Å²) in [6.07, 6.45) is 1.85. The molecule has 0 radical (unpaired) electrons. The second-order valence-electron chi connectivity index (χ2n) is 21.5. The monoisotopic (exact) mass is 873 g/mol. The molecular formula is C65H64N2. The van der Waals surface area contributed by atoms with Crippen molar-refractivity contribution in [2.45, 2.75) is 109 Å². The van der Waals surface area contributed by atoms with Gasteiger partial charge in [0.15, 0.2) is 0 Å². The normalized spacial score (nSPS) is 16.9. The van der Waals surface area contributed by atoms with Crippen molar-refractivity contribution >= 4 is 22.7 Å². The Morgan fingerprint density at radius 2 is 0.612 bits per heavy atom. The Hall–Kier alpha value is -6.64. The van der Waals surface area contributed by atoms with E-state index in [-0.39, 0.29) is 27.3 Å². The predicted molar refractivity (Wildman–Crippen MR) is 284 cm³/mol. The molecule has 2 heteroatoms. The highest BCUT2D eigenvalue weighted by atomic mass is 15.2. The summed E-state index contributed by atoms with van der Waals surface area (Å²) in [4.78, 5) is 5.23. The number of fused-ring (bicyclic) bond motifs is 9. The molecule has 0 aromatic heterocycles. The quantitative estimate of drug-likeness (QED) is 0.135. The van der Waals surface area contributed by atoms with E-state index in [4.69, 9.17) is 0 Å². The van der Waals surface area contributed by atoms with E-state index < -0.39 is 0 Å². The Kier molecular flexibility index (Phi) is 9.74. The van der Waals surface area contributed by atoms with Gasteiger partial charge < -0.3 is 9.80 Å². The fourth-order valence-corrected chi connectivity index (χ4v) is 12.6. The molecule has 3 aliphatic carbocycles. The lowest BCUT2D eigenvalue weighted by Gasteiger charge is -2.44. The Balaban J connectivity index is 0.998. The number of nitrogens with zero attached hydrogens (tertiary/aromatic N) is 2. The van der Waals surface area contributed by atoms with Gasteiger partial charge in [-0.3, -0.25) is 0 Å². The van der Waals surface area contributed by atoms with Gasteiger partial charge >= 0.3 is 0 Å². The summed E-state index contributed by atoms with van der Waals surface area (Å²) in [6, 6.07) is 69.3. The summed E-state index contributed by atoms with van der Waals surface area (Å²) in [6.45, 7) is 24.0. The second kappa shape index (κ2) is 15.2. The van der Waals surface area contributed by atoms with E-state index >= 15 is 0 Å². The fourth-order valence-electron chi connectivity index (χ4n) is 12.6. The molecule has 67 heavy (non-hydrogen) atoms. The van der Waals surface area contributed by atoms with Gasteiger partial charge in [-0.05, 0) is 153 Å². The molecule has 0 heterocycles. The van der Waals surface area contributed by atoms with Crippen LogP contribution in [0, 0.1) is 0 Å². The number of hydrogen-bond donors (Lipinski definition) is 0. The molecule has 2 atom stereocenters. The molecule has 2 unspecified atom stereocenters. The van der Waals surface area contributed by atoms with Crippen LogP contribution in [-0.4, -0.2) is 0 Å². The van der Waals surface area contributed by atoms with Crippen LogP contribution < -0.4 is 9.80 Å². The van der Waals surface area contributed by atoms with Crippen molar-refractivity contribution in [1.82, 2.24) is 0 Å². The zero-order valence-corrected chi connectivity index (χ0v) is 41.1. The highest BCUT2D eigenvalue weighted by molar-refractivity contribution is 5.86. The maximum atomic E-state index is 2.62. The molecule has 0 spiro atoms. The van der Waals surface area contributed by atoms with E-state index in [2.05, 4.69) is 261 Å². The van der Waals surface area contributed by atoms with E-state index in [9.17, 15) is 0 Å². The van der Waals surface area contributed by atoms with Gasteiger partial charge in [0.1, 0.15) is 0 Å². The zero-order chi connectivity index (χ0) is 46.7. The molecule has 11 rings (SSSR count). The standard InChI is InChI=1S/C65H64N2/c1-11-64(9,66(45-23-15-13-16-24-45)47-33-37-53-49-27-19-21-29-55(49)61(3,4)59(53)41-47)43-31-35-51-52-36-32-44(40-58(52)63(7,8)57(51)39-43)65(10,12-2)67(46-25-17-14-18-26-46)48-34-38-54-50-28-20-22-30-56(50)62(5,6)60(54)42-48/h13-42H,11-12H2,1-10H3. The molecule has 0 saturated carbocycles. The minimum atomic E-state index is -0.348. The highest BCUT2D eigenvalue weighted by Crippen LogP contribution is 2.56. The van der Waals surface area contributed by atoms with Crippen molar-refractivity contribution in [2.75, 3.05) is 9.80 Å². The van der Waals surface area contributed by atoms with Crippen LogP contribution >= 0.6 is 0 Å². The Morgan fingerprint density at radius 1 is 0.313 bits per heavy atom. The number of hydrogen-bond acceptors (Lipinski definition) is 2. The van der Waals surface area contributed by atoms with Crippen LogP contribution in [0.5, 0.6) is 0 Å². The predicted octanol–water partition coefficient (Wildman–Crippen LogP) is 17.5. The van der Waals surface area contributed by atoms with E-state index in [1.165, 1.54) is 101 Å². The smallest absolute Gasteiger partial charge is 0.0671 e. The molecule has 0 aliphatic heterocycles. The summed E-state index contributed by atoms with van der Waals surface area (Å²) < 4.78 is 0. The van der Waals surface area contributed by atoms with E-state index in [0.717, 1.165) is 12.8 Å². The van der Waals surface area contributed by atoms with Crippen molar-refractivity contribution in [2.24, 2.45) is 0 Å². The second-order valence-corrected chi connectivity index (χ2v) is 21.5. The Bertz CT molecular complexity index is 3010. The van der Waals surface area contributed by atoms with E-state index in [1.54, 1.807) is 0 Å². The first-order valence-corrected chi connectivity index (χ1v) is 24.6. The lowest BCUT2D eigenvalue weighted by atomic mass is 9.77. The van der Waals surface area contributed by atoms with Gasteiger partial charge in [0.05, 0.1) is 11.1 Å². The van der Waals surface area contributed by atoms with Crippen molar-refractivity contribution < 1.29 is 0 Å². The molecular weight excluding hydrogens is 809 g/mol. The van der Waals surface area contributed by atoms with E-state index in [1.807, 2.05) is 0 Å². The van der Waals surface area contributed by atoms with Crippen LogP contribution in [0.1, 0.15) is 127 Å². The molecule has 0 bridgehead atoms. The average molecular weight is 873 g/mol. The van der Waals surface area contributed by atoms with Crippen LogP contribution in [0.4, 0.5) is 22.7 Å². The molecule has 8 aromatic carbocycles. The van der Waals surface area contributed by atoms with Gasteiger partial charge in [-0.2, -0.15) is 0 Å². The lowest BCUT2D eigenvalue weighted by molar-refractivity contribution is 0.461. The summed E-state index contributed by atoms with van der Waals surface area (Å²) in [5, 5.41) is 0.